The summed E-state index contributed by atoms with van der Waals surface area (Å²) in [6.45, 7) is 0. The van der Waals surface area contributed by atoms with Crippen molar-refractivity contribution in [1.29, 1.82) is 0 Å². The molecule has 4 saturated carbocycles. The van der Waals surface area contributed by atoms with Crippen LogP contribution in [0.2, 0.25) is 0 Å². The Morgan fingerprint density at radius 1 is 0.885 bits per heavy atom. The lowest BCUT2D eigenvalue weighted by molar-refractivity contribution is -0.147. The summed E-state index contributed by atoms with van der Waals surface area (Å²) in [6, 6.07) is 3.93. The van der Waals surface area contributed by atoms with Crippen LogP contribution in [0.1, 0.15) is 54.4 Å². The standard InChI is InChI=1S/C19H21F3N2O2/c20-19(21,22)15-3-1-14(2-4-15)16(25)23-24-17(26)18-8-11-5-12(9-18)7-13(6-11)10-18/h1-4,11-13H,5-10H2,(H,23,25)(H,24,26). The molecule has 0 spiro atoms. The van der Waals surface area contributed by atoms with E-state index in [4.69, 9.17) is 0 Å². The highest BCUT2D eigenvalue weighted by molar-refractivity contribution is 5.96. The summed E-state index contributed by atoms with van der Waals surface area (Å²) in [7, 11) is 0. The van der Waals surface area contributed by atoms with E-state index >= 15 is 0 Å². The molecule has 140 valence electrons. The zero-order chi connectivity index (χ0) is 18.5. The molecular formula is C19H21F3N2O2. The Morgan fingerprint density at radius 3 is 1.85 bits per heavy atom. The molecule has 0 heterocycles. The van der Waals surface area contributed by atoms with Gasteiger partial charge in [0.2, 0.25) is 5.91 Å². The maximum absolute atomic E-state index is 12.7. The van der Waals surface area contributed by atoms with Crippen molar-refractivity contribution in [2.24, 2.45) is 23.2 Å². The summed E-state index contributed by atoms with van der Waals surface area (Å²) < 4.78 is 37.7. The first-order chi connectivity index (χ1) is 12.2. The van der Waals surface area contributed by atoms with Gasteiger partial charge in [0.05, 0.1) is 11.0 Å². The van der Waals surface area contributed by atoms with Crippen LogP contribution in [-0.4, -0.2) is 11.8 Å². The van der Waals surface area contributed by atoms with Gasteiger partial charge in [-0.2, -0.15) is 13.2 Å². The second-order valence-corrected chi connectivity index (χ2v) is 8.18. The van der Waals surface area contributed by atoms with Crippen molar-refractivity contribution in [3.8, 4) is 0 Å². The number of carbonyl (C=O) groups is 2. The quantitative estimate of drug-likeness (QED) is 0.785. The molecule has 2 amide bonds. The molecule has 1 aromatic carbocycles. The van der Waals surface area contributed by atoms with Gasteiger partial charge in [0.1, 0.15) is 0 Å². The second-order valence-electron chi connectivity index (χ2n) is 8.18. The Labute approximate surface area is 149 Å². The van der Waals surface area contributed by atoms with Crippen LogP contribution in [0.5, 0.6) is 0 Å². The summed E-state index contributed by atoms with van der Waals surface area (Å²) in [6.07, 6.45) is 1.82. The first-order valence-electron chi connectivity index (χ1n) is 9.03. The van der Waals surface area contributed by atoms with Crippen molar-refractivity contribution in [1.82, 2.24) is 10.9 Å². The predicted molar refractivity (Wildman–Crippen MR) is 87.7 cm³/mol. The first-order valence-corrected chi connectivity index (χ1v) is 9.03. The van der Waals surface area contributed by atoms with Crippen molar-refractivity contribution < 1.29 is 22.8 Å². The fourth-order valence-corrected chi connectivity index (χ4v) is 5.52. The molecule has 4 fully saturated rings. The number of amides is 2. The van der Waals surface area contributed by atoms with Crippen LogP contribution in [0, 0.1) is 23.2 Å². The van der Waals surface area contributed by atoms with Gasteiger partial charge in [-0.1, -0.05) is 0 Å². The van der Waals surface area contributed by atoms with Gasteiger partial charge in [-0.05, 0) is 80.5 Å². The SMILES string of the molecule is O=C(NNC(=O)C12CC3CC(CC(C3)C1)C2)c1ccc(C(F)(F)F)cc1. The van der Waals surface area contributed by atoms with Gasteiger partial charge in [-0.25, -0.2) is 0 Å². The minimum Gasteiger partial charge on any atom is -0.273 e. The topological polar surface area (TPSA) is 58.2 Å². The maximum Gasteiger partial charge on any atom is 0.416 e. The van der Waals surface area contributed by atoms with Crippen LogP contribution in [0.25, 0.3) is 0 Å². The van der Waals surface area contributed by atoms with E-state index in [9.17, 15) is 22.8 Å². The fraction of sp³-hybridized carbons (Fsp3) is 0.579. The zero-order valence-electron chi connectivity index (χ0n) is 14.2. The number of hydrogen-bond acceptors (Lipinski definition) is 2. The Balaban J connectivity index is 1.38. The number of rotatable bonds is 2. The van der Waals surface area contributed by atoms with Crippen LogP contribution in [0.4, 0.5) is 13.2 Å². The maximum atomic E-state index is 12.7. The van der Waals surface area contributed by atoms with Crippen LogP contribution in [0.3, 0.4) is 0 Å². The van der Waals surface area contributed by atoms with E-state index in [-0.39, 0.29) is 16.9 Å². The number of halogens is 3. The Hall–Kier alpha value is -2.05. The van der Waals surface area contributed by atoms with Crippen LogP contribution >= 0.6 is 0 Å². The first kappa shape index (κ1) is 17.4. The zero-order valence-corrected chi connectivity index (χ0v) is 14.2. The van der Waals surface area contributed by atoms with Crippen LogP contribution < -0.4 is 10.9 Å². The van der Waals surface area contributed by atoms with E-state index in [1.54, 1.807) is 0 Å². The number of carbonyl (C=O) groups excluding carboxylic acids is 2. The summed E-state index contributed by atoms with van der Waals surface area (Å²) >= 11 is 0. The van der Waals surface area contributed by atoms with E-state index in [2.05, 4.69) is 10.9 Å². The molecule has 4 aliphatic carbocycles. The van der Waals surface area contributed by atoms with Gasteiger partial charge in [-0.3, -0.25) is 20.4 Å². The lowest BCUT2D eigenvalue weighted by Crippen LogP contribution is -2.56. The summed E-state index contributed by atoms with van der Waals surface area (Å²) in [5, 5.41) is 0. The molecule has 4 bridgehead atoms. The molecule has 0 unspecified atom stereocenters. The average Bonchev–Trinajstić information content (AvgIpc) is 2.57. The highest BCUT2D eigenvalue weighted by atomic mass is 19.4. The Bertz CT molecular complexity index is 692. The van der Waals surface area contributed by atoms with Gasteiger partial charge in [-0.15, -0.1) is 0 Å². The third-order valence-electron chi connectivity index (χ3n) is 6.28. The normalized spacial score (nSPS) is 32.3. The molecule has 26 heavy (non-hydrogen) atoms. The summed E-state index contributed by atoms with van der Waals surface area (Å²) in [5.41, 5.74) is 3.76. The monoisotopic (exact) mass is 366 g/mol. The van der Waals surface area contributed by atoms with Crippen molar-refractivity contribution in [2.75, 3.05) is 0 Å². The minimum atomic E-state index is -4.44. The number of alkyl halides is 3. The number of benzene rings is 1. The molecule has 0 saturated heterocycles. The van der Waals surface area contributed by atoms with Crippen LogP contribution in [-0.2, 0) is 11.0 Å². The number of hydrazine groups is 1. The molecule has 4 nitrogen and oxygen atoms in total. The Morgan fingerprint density at radius 2 is 1.38 bits per heavy atom. The highest BCUT2D eigenvalue weighted by Crippen LogP contribution is 2.60. The number of nitrogens with one attached hydrogen (secondary N) is 2. The van der Waals surface area contributed by atoms with Gasteiger partial charge < -0.3 is 0 Å². The van der Waals surface area contributed by atoms with Gasteiger partial charge in [0.25, 0.3) is 5.91 Å². The van der Waals surface area contributed by atoms with Gasteiger partial charge >= 0.3 is 6.18 Å². The predicted octanol–water partition coefficient (Wildman–Crippen LogP) is 3.68. The van der Waals surface area contributed by atoms with Gasteiger partial charge in [0, 0.05) is 5.56 Å². The van der Waals surface area contributed by atoms with Crippen molar-refractivity contribution in [2.45, 2.75) is 44.7 Å². The van der Waals surface area contributed by atoms with E-state index in [0.29, 0.717) is 17.8 Å². The third-order valence-corrected chi connectivity index (χ3v) is 6.28. The molecule has 0 radical (unpaired) electrons. The summed E-state index contributed by atoms with van der Waals surface area (Å²) in [5.74, 6) is 1.06. The minimum absolute atomic E-state index is 0.0730. The van der Waals surface area contributed by atoms with E-state index in [1.165, 1.54) is 19.3 Å². The largest absolute Gasteiger partial charge is 0.416 e. The lowest BCUT2D eigenvalue weighted by atomic mass is 9.49. The summed E-state index contributed by atoms with van der Waals surface area (Å²) in [4.78, 5) is 24.9. The smallest absolute Gasteiger partial charge is 0.273 e. The number of hydrogen-bond donors (Lipinski definition) is 2. The molecule has 4 aliphatic rings. The second kappa shape index (κ2) is 5.99. The van der Waals surface area contributed by atoms with Crippen molar-refractivity contribution in [3.05, 3.63) is 35.4 Å². The van der Waals surface area contributed by atoms with Gasteiger partial charge in [0.15, 0.2) is 0 Å². The van der Waals surface area contributed by atoms with Crippen molar-refractivity contribution >= 4 is 11.8 Å². The average molecular weight is 366 g/mol. The molecule has 7 heteroatoms. The molecule has 5 rings (SSSR count). The van der Waals surface area contributed by atoms with Crippen LogP contribution in [0.15, 0.2) is 24.3 Å². The highest BCUT2D eigenvalue weighted by Gasteiger charge is 2.54. The lowest BCUT2D eigenvalue weighted by Gasteiger charge is -2.55. The molecule has 1 aromatic rings. The molecule has 0 aliphatic heterocycles. The van der Waals surface area contributed by atoms with Crippen molar-refractivity contribution in [3.63, 3.8) is 0 Å². The molecular weight excluding hydrogens is 345 g/mol. The van der Waals surface area contributed by atoms with E-state index in [0.717, 1.165) is 43.5 Å². The Kier molecular flexibility index (Phi) is 4.00. The molecule has 2 N–H and O–H groups in total. The van der Waals surface area contributed by atoms with E-state index in [1.807, 2.05) is 0 Å². The molecule has 0 aromatic heterocycles. The fourth-order valence-electron chi connectivity index (χ4n) is 5.52. The molecule has 0 atom stereocenters. The van der Waals surface area contributed by atoms with E-state index < -0.39 is 17.6 Å². The third kappa shape index (κ3) is 3.08.